The standard InChI is InChI=1S/C12H17FO5S/c1-12(2,14)7-6-8(13)11(19(5,15)16)10(18-4)9(7)17-3/h6,14H,1-5H3. The zero-order valence-electron chi connectivity index (χ0n) is 11.4. The van der Waals surface area contributed by atoms with Crippen molar-refractivity contribution in [2.75, 3.05) is 20.5 Å². The lowest BCUT2D eigenvalue weighted by Crippen LogP contribution is -2.19. The van der Waals surface area contributed by atoms with Crippen molar-refractivity contribution in [2.24, 2.45) is 0 Å². The molecule has 0 unspecified atom stereocenters. The van der Waals surface area contributed by atoms with Gasteiger partial charge in [0.05, 0.1) is 19.8 Å². The average molecular weight is 292 g/mol. The first kappa shape index (κ1) is 15.7. The molecule has 108 valence electrons. The Morgan fingerprint density at radius 3 is 2.00 bits per heavy atom. The van der Waals surface area contributed by atoms with E-state index in [-0.39, 0.29) is 17.1 Å². The van der Waals surface area contributed by atoms with Crippen molar-refractivity contribution in [2.45, 2.75) is 24.3 Å². The van der Waals surface area contributed by atoms with Crippen molar-refractivity contribution >= 4 is 9.84 Å². The molecule has 1 aromatic rings. The van der Waals surface area contributed by atoms with Crippen LogP contribution in [0.25, 0.3) is 0 Å². The highest BCUT2D eigenvalue weighted by atomic mass is 32.2. The number of rotatable bonds is 4. The predicted octanol–water partition coefficient (Wildman–Crippen LogP) is 1.47. The molecule has 0 bridgehead atoms. The molecule has 0 fully saturated rings. The van der Waals surface area contributed by atoms with Gasteiger partial charge in [-0.15, -0.1) is 0 Å². The summed E-state index contributed by atoms with van der Waals surface area (Å²) in [7, 11) is -1.34. The van der Waals surface area contributed by atoms with E-state index < -0.39 is 26.2 Å². The maximum atomic E-state index is 14.0. The fraction of sp³-hybridized carbons (Fsp3) is 0.500. The van der Waals surface area contributed by atoms with Gasteiger partial charge in [-0.3, -0.25) is 0 Å². The van der Waals surface area contributed by atoms with Crippen LogP contribution >= 0.6 is 0 Å². The van der Waals surface area contributed by atoms with Crippen LogP contribution in [0.1, 0.15) is 19.4 Å². The van der Waals surface area contributed by atoms with E-state index in [0.29, 0.717) is 0 Å². The fourth-order valence-electron chi connectivity index (χ4n) is 1.78. The number of halogens is 1. The Kier molecular flexibility index (Phi) is 4.11. The van der Waals surface area contributed by atoms with Gasteiger partial charge in [-0.05, 0) is 19.9 Å². The van der Waals surface area contributed by atoms with E-state index in [2.05, 4.69) is 0 Å². The van der Waals surface area contributed by atoms with Gasteiger partial charge in [0.1, 0.15) is 10.7 Å². The summed E-state index contributed by atoms with van der Waals surface area (Å²) >= 11 is 0. The largest absolute Gasteiger partial charge is 0.492 e. The Bertz CT molecular complexity index is 587. The lowest BCUT2D eigenvalue weighted by molar-refractivity contribution is 0.0744. The third-order valence-electron chi connectivity index (χ3n) is 2.58. The fourth-order valence-corrected chi connectivity index (χ4v) is 2.71. The molecule has 7 heteroatoms. The maximum Gasteiger partial charge on any atom is 0.182 e. The zero-order chi connectivity index (χ0) is 15.0. The molecule has 1 aromatic carbocycles. The van der Waals surface area contributed by atoms with E-state index in [0.717, 1.165) is 12.3 Å². The van der Waals surface area contributed by atoms with Crippen LogP contribution < -0.4 is 9.47 Å². The molecule has 0 aliphatic carbocycles. The minimum absolute atomic E-state index is 0.00294. The van der Waals surface area contributed by atoms with Gasteiger partial charge in [0, 0.05) is 11.8 Å². The highest BCUT2D eigenvalue weighted by Crippen LogP contribution is 2.43. The first-order chi connectivity index (χ1) is 8.54. The van der Waals surface area contributed by atoms with Crippen molar-refractivity contribution < 1.29 is 27.4 Å². The van der Waals surface area contributed by atoms with Crippen molar-refractivity contribution in [1.82, 2.24) is 0 Å². The SMILES string of the molecule is COc1c(C(C)(C)O)cc(F)c(S(C)(=O)=O)c1OC. The van der Waals surface area contributed by atoms with Crippen LogP contribution in [-0.4, -0.2) is 34.0 Å². The molecular weight excluding hydrogens is 275 g/mol. The highest BCUT2D eigenvalue weighted by molar-refractivity contribution is 7.90. The van der Waals surface area contributed by atoms with Crippen LogP contribution in [0.2, 0.25) is 0 Å². The molecule has 1 N–H and O–H groups in total. The molecule has 1 rings (SSSR count). The Balaban J connectivity index is 3.85. The summed E-state index contributed by atoms with van der Waals surface area (Å²) in [5.41, 5.74) is -1.30. The van der Waals surface area contributed by atoms with Crippen LogP contribution in [0.3, 0.4) is 0 Å². The molecule has 19 heavy (non-hydrogen) atoms. The van der Waals surface area contributed by atoms with Crippen LogP contribution in [-0.2, 0) is 15.4 Å². The topological polar surface area (TPSA) is 72.8 Å². The minimum atomic E-state index is -3.83. The molecule has 0 saturated carbocycles. The lowest BCUT2D eigenvalue weighted by atomic mass is 9.96. The average Bonchev–Trinajstić information content (AvgIpc) is 2.24. The number of methoxy groups -OCH3 is 2. The predicted molar refractivity (Wildman–Crippen MR) is 67.9 cm³/mol. The van der Waals surface area contributed by atoms with Gasteiger partial charge >= 0.3 is 0 Å². The summed E-state index contributed by atoms with van der Waals surface area (Å²) < 4.78 is 47.3. The van der Waals surface area contributed by atoms with E-state index in [1.54, 1.807) is 0 Å². The number of hydrogen-bond donors (Lipinski definition) is 1. The van der Waals surface area contributed by atoms with Gasteiger partial charge in [0.2, 0.25) is 0 Å². The molecule has 0 aliphatic heterocycles. The minimum Gasteiger partial charge on any atom is -0.492 e. The number of sulfone groups is 1. The maximum absolute atomic E-state index is 14.0. The van der Waals surface area contributed by atoms with Crippen molar-refractivity contribution in [3.05, 3.63) is 17.4 Å². The smallest absolute Gasteiger partial charge is 0.182 e. The molecule has 0 spiro atoms. The number of aliphatic hydroxyl groups is 1. The van der Waals surface area contributed by atoms with Crippen LogP contribution in [0.4, 0.5) is 4.39 Å². The quantitative estimate of drug-likeness (QED) is 0.910. The summed E-state index contributed by atoms with van der Waals surface area (Å²) in [5.74, 6) is -1.24. The summed E-state index contributed by atoms with van der Waals surface area (Å²) in [6.07, 6.45) is 0.872. The molecule has 0 aromatic heterocycles. The Morgan fingerprint density at radius 2 is 1.68 bits per heavy atom. The Labute approximate surface area is 111 Å². The second-order valence-corrected chi connectivity index (χ2v) is 6.59. The third-order valence-corrected chi connectivity index (χ3v) is 3.71. The Morgan fingerprint density at radius 1 is 1.21 bits per heavy atom. The van der Waals surface area contributed by atoms with Crippen molar-refractivity contribution in [1.29, 1.82) is 0 Å². The van der Waals surface area contributed by atoms with E-state index in [4.69, 9.17) is 9.47 Å². The summed E-state index contributed by atoms with van der Waals surface area (Å²) in [4.78, 5) is -0.583. The molecular formula is C12H17FO5S. The highest BCUT2D eigenvalue weighted by Gasteiger charge is 2.31. The van der Waals surface area contributed by atoms with Gasteiger partial charge in [-0.25, -0.2) is 12.8 Å². The molecule has 0 aliphatic rings. The van der Waals surface area contributed by atoms with Gasteiger partial charge in [-0.2, -0.15) is 0 Å². The third kappa shape index (κ3) is 2.98. The molecule has 0 amide bonds. The number of benzene rings is 1. The van der Waals surface area contributed by atoms with E-state index >= 15 is 0 Å². The normalized spacial score (nSPS) is 12.4. The van der Waals surface area contributed by atoms with Crippen LogP contribution in [0.15, 0.2) is 11.0 Å². The van der Waals surface area contributed by atoms with Gasteiger partial charge in [-0.1, -0.05) is 0 Å². The van der Waals surface area contributed by atoms with Gasteiger partial charge in [0.15, 0.2) is 21.3 Å². The number of hydrogen-bond acceptors (Lipinski definition) is 5. The monoisotopic (exact) mass is 292 g/mol. The van der Waals surface area contributed by atoms with E-state index in [9.17, 15) is 17.9 Å². The summed E-state index contributed by atoms with van der Waals surface area (Å²) in [6, 6.07) is 0.942. The summed E-state index contributed by atoms with van der Waals surface area (Å²) in [6.45, 7) is 2.87. The molecule has 5 nitrogen and oxygen atoms in total. The van der Waals surface area contributed by atoms with Crippen molar-refractivity contribution in [3.63, 3.8) is 0 Å². The molecule has 0 radical (unpaired) electrons. The van der Waals surface area contributed by atoms with E-state index in [1.807, 2.05) is 0 Å². The summed E-state index contributed by atoms with van der Waals surface area (Å²) in [5, 5.41) is 9.99. The second kappa shape index (κ2) is 4.97. The van der Waals surface area contributed by atoms with Gasteiger partial charge < -0.3 is 14.6 Å². The first-order valence-electron chi connectivity index (χ1n) is 5.41. The van der Waals surface area contributed by atoms with E-state index in [1.165, 1.54) is 28.1 Å². The van der Waals surface area contributed by atoms with Gasteiger partial charge in [0.25, 0.3) is 0 Å². The number of ether oxygens (including phenoxy) is 2. The lowest BCUT2D eigenvalue weighted by Gasteiger charge is -2.23. The zero-order valence-corrected chi connectivity index (χ0v) is 12.3. The van der Waals surface area contributed by atoms with Crippen LogP contribution in [0, 0.1) is 5.82 Å². The Hall–Kier alpha value is -1.34. The molecule has 0 atom stereocenters. The molecule has 0 saturated heterocycles. The van der Waals surface area contributed by atoms with Crippen molar-refractivity contribution in [3.8, 4) is 11.5 Å². The first-order valence-corrected chi connectivity index (χ1v) is 7.30. The van der Waals surface area contributed by atoms with Crippen LogP contribution in [0.5, 0.6) is 11.5 Å². The second-order valence-electron chi connectivity index (χ2n) is 4.63. The molecule has 0 heterocycles.